The molecule has 1 fully saturated rings. The number of hydrogen-bond acceptors (Lipinski definition) is 4. The Balaban J connectivity index is 2.07. The van der Waals surface area contributed by atoms with Crippen molar-refractivity contribution in [3.05, 3.63) is 0 Å². The number of carboxylic acid groups (broad SMARTS) is 1. The van der Waals surface area contributed by atoms with Crippen LogP contribution in [-0.4, -0.2) is 48.8 Å². The highest BCUT2D eigenvalue weighted by molar-refractivity contribution is 5.87. The quantitative estimate of drug-likeness (QED) is 0.400. The lowest BCUT2D eigenvalue weighted by molar-refractivity contribution is -0.140. The van der Waals surface area contributed by atoms with Crippen molar-refractivity contribution >= 4 is 17.9 Å². The molecule has 0 aliphatic heterocycles. The molecule has 0 saturated heterocycles. The lowest BCUT2D eigenvalue weighted by Gasteiger charge is -2.13. The standard InChI is InChI=1S/C12H21N3O5/c13-10(16)6-9(11(17)18)15-12(19)14-4-1-5-20-7-8-2-3-8/h8-9H,1-7H2,(H2,13,16)(H,17,18)(H2,14,15,19). The molecule has 114 valence electrons. The second-order valence-electron chi connectivity index (χ2n) is 4.83. The third-order valence-corrected chi connectivity index (χ3v) is 2.81. The number of carboxylic acids is 1. The van der Waals surface area contributed by atoms with E-state index in [4.69, 9.17) is 15.6 Å². The molecule has 1 unspecified atom stereocenters. The normalized spacial score (nSPS) is 15.4. The molecular weight excluding hydrogens is 266 g/mol. The van der Waals surface area contributed by atoms with E-state index in [0.717, 1.165) is 6.61 Å². The van der Waals surface area contributed by atoms with Crippen molar-refractivity contribution in [2.45, 2.75) is 31.7 Å². The number of carbonyl (C=O) groups is 3. The summed E-state index contributed by atoms with van der Waals surface area (Å²) in [5, 5.41) is 13.5. The maximum Gasteiger partial charge on any atom is 0.326 e. The zero-order valence-corrected chi connectivity index (χ0v) is 11.3. The van der Waals surface area contributed by atoms with Crippen molar-refractivity contribution < 1.29 is 24.2 Å². The van der Waals surface area contributed by atoms with Crippen molar-refractivity contribution in [2.24, 2.45) is 11.7 Å². The Morgan fingerprint density at radius 3 is 2.60 bits per heavy atom. The van der Waals surface area contributed by atoms with E-state index in [0.29, 0.717) is 25.5 Å². The fraction of sp³-hybridized carbons (Fsp3) is 0.750. The second-order valence-corrected chi connectivity index (χ2v) is 4.83. The molecule has 0 spiro atoms. The Morgan fingerprint density at radius 2 is 2.05 bits per heavy atom. The number of urea groups is 1. The van der Waals surface area contributed by atoms with E-state index in [2.05, 4.69) is 10.6 Å². The van der Waals surface area contributed by atoms with Gasteiger partial charge in [-0.25, -0.2) is 9.59 Å². The third-order valence-electron chi connectivity index (χ3n) is 2.81. The van der Waals surface area contributed by atoms with Gasteiger partial charge in [-0.1, -0.05) is 0 Å². The molecule has 5 N–H and O–H groups in total. The number of primary amides is 1. The van der Waals surface area contributed by atoms with Crippen LogP contribution in [0.15, 0.2) is 0 Å². The molecule has 3 amide bonds. The van der Waals surface area contributed by atoms with E-state index >= 15 is 0 Å². The second kappa shape index (κ2) is 8.36. The zero-order chi connectivity index (χ0) is 15.0. The van der Waals surface area contributed by atoms with Crippen LogP contribution in [0.1, 0.15) is 25.7 Å². The van der Waals surface area contributed by atoms with E-state index < -0.39 is 30.4 Å². The first-order valence-electron chi connectivity index (χ1n) is 6.62. The Labute approximate surface area is 117 Å². The lowest BCUT2D eigenvalue weighted by atomic mass is 10.2. The van der Waals surface area contributed by atoms with Gasteiger partial charge in [0.15, 0.2) is 0 Å². The number of ether oxygens (including phenoxy) is 1. The molecule has 1 saturated carbocycles. The first kappa shape index (κ1) is 16.2. The minimum Gasteiger partial charge on any atom is -0.480 e. The molecule has 8 nitrogen and oxygen atoms in total. The Kier molecular flexibility index (Phi) is 6.78. The van der Waals surface area contributed by atoms with Crippen LogP contribution in [0.3, 0.4) is 0 Å². The van der Waals surface area contributed by atoms with Crippen LogP contribution in [0.25, 0.3) is 0 Å². The number of rotatable bonds is 10. The van der Waals surface area contributed by atoms with E-state index in [9.17, 15) is 14.4 Å². The average molecular weight is 287 g/mol. The summed E-state index contributed by atoms with van der Waals surface area (Å²) >= 11 is 0. The van der Waals surface area contributed by atoms with Gasteiger partial charge in [0.25, 0.3) is 0 Å². The van der Waals surface area contributed by atoms with Gasteiger partial charge in [0.1, 0.15) is 6.04 Å². The molecule has 1 aliphatic carbocycles. The minimum absolute atomic E-state index is 0.374. The molecule has 1 atom stereocenters. The van der Waals surface area contributed by atoms with Crippen LogP contribution in [0, 0.1) is 5.92 Å². The smallest absolute Gasteiger partial charge is 0.326 e. The summed E-state index contributed by atoms with van der Waals surface area (Å²) in [4.78, 5) is 32.9. The third kappa shape index (κ3) is 7.57. The summed E-state index contributed by atoms with van der Waals surface area (Å²) in [5.41, 5.74) is 4.90. The van der Waals surface area contributed by atoms with E-state index in [-0.39, 0.29) is 0 Å². The summed E-state index contributed by atoms with van der Waals surface area (Å²) in [6.45, 7) is 1.70. The van der Waals surface area contributed by atoms with E-state index in [1.165, 1.54) is 12.8 Å². The van der Waals surface area contributed by atoms with Crippen LogP contribution < -0.4 is 16.4 Å². The fourth-order valence-electron chi connectivity index (χ4n) is 1.52. The van der Waals surface area contributed by atoms with Crippen molar-refractivity contribution in [1.82, 2.24) is 10.6 Å². The van der Waals surface area contributed by atoms with Gasteiger partial charge >= 0.3 is 12.0 Å². The van der Waals surface area contributed by atoms with Gasteiger partial charge in [-0.15, -0.1) is 0 Å². The largest absolute Gasteiger partial charge is 0.480 e. The fourth-order valence-corrected chi connectivity index (χ4v) is 1.52. The molecule has 8 heteroatoms. The summed E-state index contributed by atoms with van der Waals surface area (Å²) in [5.74, 6) is -1.38. The van der Waals surface area contributed by atoms with Crippen molar-refractivity contribution in [3.8, 4) is 0 Å². The van der Waals surface area contributed by atoms with Crippen molar-refractivity contribution in [3.63, 3.8) is 0 Å². The molecular formula is C12H21N3O5. The number of carbonyl (C=O) groups excluding carboxylic acids is 2. The van der Waals surface area contributed by atoms with E-state index in [1.807, 2.05) is 0 Å². The van der Waals surface area contributed by atoms with Crippen LogP contribution in [-0.2, 0) is 14.3 Å². The van der Waals surface area contributed by atoms with Gasteiger partial charge < -0.3 is 26.2 Å². The highest BCUT2D eigenvalue weighted by Crippen LogP contribution is 2.28. The summed E-state index contributed by atoms with van der Waals surface area (Å²) < 4.78 is 5.38. The monoisotopic (exact) mass is 287 g/mol. The number of nitrogens with one attached hydrogen (secondary N) is 2. The van der Waals surface area contributed by atoms with E-state index in [1.54, 1.807) is 0 Å². The number of amides is 3. The van der Waals surface area contributed by atoms with Crippen LogP contribution in [0.4, 0.5) is 4.79 Å². The Bertz CT molecular complexity index is 357. The Hall–Kier alpha value is -1.83. The van der Waals surface area contributed by atoms with Crippen molar-refractivity contribution in [2.75, 3.05) is 19.8 Å². The number of nitrogens with two attached hydrogens (primary N) is 1. The molecule has 1 rings (SSSR count). The summed E-state index contributed by atoms with van der Waals surface area (Å²) in [6, 6.07) is -1.94. The molecule has 1 aliphatic rings. The first-order chi connectivity index (χ1) is 9.49. The topological polar surface area (TPSA) is 131 Å². The Morgan fingerprint density at radius 1 is 1.35 bits per heavy atom. The van der Waals surface area contributed by atoms with Gasteiger partial charge in [0, 0.05) is 19.8 Å². The molecule has 20 heavy (non-hydrogen) atoms. The van der Waals surface area contributed by atoms with Crippen LogP contribution >= 0.6 is 0 Å². The molecule has 0 radical (unpaired) electrons. The van der Waals surface area contributed by atoms with Gasteiger partial charge in [-0.05, 0) is 25.2 Å². The van der Waals surface area contributed by atoms with Gasteiger partial charge in [-0.3, -0.25) is 4.79 Å². The SMILES string of the molecule is NC(=O)CC(NC(=O)NCCCOCC1CC1)C(=O)O. The molecule has 0 heterocycles. The summed E-state index contributed by atoms with van der Waals surface area (Å²) in [7, 11) is 0. The predicted octanol–water partition coefficient (Wildman–Crippen LogP) is -0.569. The van der Waals surface area contributed by atoms with Crippen LogP contribution in [0.5, 0.6) is 0 Å². The highest BCUT2D eigenvalue weighted by Gasteiger charge is 2.22. The maximum atomic E-state index is 11.4. The highest BCUT2D eigenvalue weighted by atomic mass is 16.5. The van der Waals surface area contributed by atoms with Crippen molar-refractivity contribution in [1.29, 1.82) is 0 Å². The molecule has 0 bridgehead atoms. The average Bonchev–Trinajstić information content (AvgIpc) is 3.16. The van der Waals surface area contributed by atoms with Gasteiger partial charge in [0.05, 0.1) is 6.42 Å². The summed E-state index contributed by atoms with van der Waals surface area (Å²) in [6.07, 6.45) is 2.68. The number of aliphatic carboxylic acids is 1. The van der Waals surface area contributed by atoms with Gasteiger partial charge in [-0.2, -0.15) is 0 Å². The van der Waals surface area contributed by atoms with Crippen LogP contribution in [0.2, 0.25) is 0 Å². The molecule has 0 aromatic carbocycles. The number of hydrogen-bond donors (Lipinski definition) is 4. The zero-order valence-electron chi connectivity index (χ0n) is 11.3. The minimum atomic E-state index is -1.31. The molecule has 0 aromatic heterocycles. The molecule has 0 aromatic rings. The maximum absolute atomic E-state index is 11.4. The predicted molar refractivity (Wildman–Crippen MR) is 69.9 cm³/mol. The lowest BCUT2D eigenvalue weighted by Crippen LogP contribution is -2.47. The van der Waals surface area contributed by atoms with Gasteiger partial charge in [0.2, 0.25) is 5.91 Å². The first-order valence-corrected chi connectivity index (χ1v) is 6.62.